The van der Waals surface area contributed by atoms with Crippen LogP contribution in [0.15, 0.2) is 0 Å². The van der Waals surface area contributed by atoms with Gasteiger partial charge < -0.3 is 10.1 Å². The molecule has 18 heavy (non-hydrogen) atoms. The molecule has 0 aromatic carbocycles. The Bertz CT molecular complexity index is 233. The zero-order chi connectivity index (χ0) is 13.7. The molecule has 4 atom stereocenters. The Labute approximate surface area is 113 Å². The van der Waals surface area contributed by atoms with Gasteiger partial charge in [-0.15, -0.1) is 0 Å². The van der Waals surface area contributed by atoms with Crippen LogP contribution in [0.1, 0.15) is 40.0 Å². The van der Waals surface area contributed by atoms with Crippen LogP contribution in [0.3, 0.4) is 0 Å². The third-order valence-electron chi connectivity index (χ3n) is 4.80. The maximum absolute atomic E-state index is 5.30. The Kier molecular flexibility index (Phi) is 6.61. The predicted molar refractivity (Wildman–Crippen MR) is 77.9 cm³/mol. The summed E-state index contributed by atoms with van der Waals surface area (Å²) in [6.07, 6.45) is 3.98. The highest BCUT2D eigenvalue weighted by Crippen LogP contribution is 2.32. The SMILES string of the molecule is CNC1CCC(C(C)C)CC1N(C)C(C)COC. The number of hydrogen-bond acceptors (Lipinski definition) is 3. The molecule has 3 heteroatoms. The van der Waals surface area contributed by atoms with Gasteiger partial charge in [0.2, 0.25) is 0 Å². The van der Waals surface area contributed by atoms with Crippen LogP contribution in [0.4, 0.5) is 0 Å². The van der Waals surface area contributed by atoms with Crippen LogP contribution < -0.4 is 5.32 Å². The first-order valence-corrected chi connectivity index (χ1v) is 7.39. The first-order valence-electron chi connectivity index (χ1n) is 7.39. The van der Waals surface area contributed by atoms with Crippen LogP contribution in [0.5, 0.6) is 0 Å². The van der Waals surface area contributed by atoms with E-state index in [0.29, 0.717) is 18.1 Å². The fraction of sp³-hybridized carbons (Fsp3) is 1.00. The molecule has 1 rings (SSSR count). The molecule has 1 aliphatic rings. The smallest absolute Gasteiger partial charge is 0.0615 e. The van der Waals surface area contributed by atoms with Crippen LogP contribution in [-0.4, -0.2) is 50.8 Å². The van der Waals surface area contributed by atoms with Crippen molar-refractivity contribution in [1.29, 1.82) is 0 Å². The fourth-order valence-corrected chi connectivity index (χ4v) is 3.26. The largest absolute Gasteiger partial charge is 0.383 e. The van der Waals surface area contributed by atoms with Crippen molar-refractivity contribution in [3.8, 4) is 0 Å². The lowest BCUT2D eigenvalue weighted by atomic mass is 9.76. The first-order chi connectivity index (χ1) is 8.51. The van der Waals surface area contributed by atoms with Crippen LogP contribution in [0, 0.1) is 11.8 Å². The summed E-state index contributed by atoms with van der Waals surface area (Å²) in [6.45, 7) is 7.80. The maximum atomic E-state index is 5.30. The van der Waals surface area contributed by atoms with Crippen molar-refractivity contribution < 1.29 is 4.74 Å². The molecule has 0 heterocycles. The molecule has 1 saturated carbocycles. The molecule has 0 aromatic heterocycles. The van der Waals surface area contributed by atoms with Gasteiger partial charge in [0.1, 0.15) is 0 Å². The van der Waals surface area contributed by atoms with E-state index >= 15 is 0 Å². The first kappa shape index (κ1) is 15.9. The van der Waals surface area contributed by atoms with Gasteiger partial charge >= 0.3 is 0 Å². The third kappa shape index (κ3) is 3.94. The summed E-state index contributed by atoms with van der Waals surface area (Å²) in [5, 5.41) is 3.51. The second-order valence-corrected chi connectivity index (χ2v) is 6.25. The van der Waals surface area contributed by atoms with Gasteiger partial charge in [-0.3, -0.25) is 4.90 Å². The van der Waals surface area contributed by atoms with Crippen LogP contribution in [-0.2, 0) is 4.74 Å². The highest BCUT2D eigenvalue weighted by atomic mass is 16.5. The summed E-state index contributed by atoms with van der Waals surface area (Å²) in [7, 11) is 6.14. The average Bonchev–Trinajstić information content (AvgIpc) is 2.37. The van der Waals surface area contributed by atoms with Gasteiger partial charge in [-0.1, -0.05) is 13.8 Å². The average molecular weight is 256 g/mol. The Hall–Kier alpha value is -0.120. The van der Waals surface area contributed by atoms with Crippen molar-refractivity contribution in [2.75, 3.05) is 27.8 Å². The molecular formula is C15H32N2O. The van der Waals surface area contributed by atoms with Gasteiger partial charge in [0.15, 0.2) is 0 Å². The highest BCUT2D eigenvalue weighted by Gasteiger charge is 2.34. The fourth-order valence-electron chi connectivity index (χ4n) is 3.26. The number of likely N-dealkylation sites (N-methyl/N-ethyl adjacent to an activating group) is 2. The van der Waals surface area contributed by atoms with Crippen LogP contribution in [0.2, 0.25) is 0 Å². The Balaban J connectivity index is 2.67. The molecule has 0 aliphatic heterocycles. The van der Waals surface area contributed by atoms with Crippen molar-refractivity contribution >= 4 is 0 Å². The van der Waals surface area contributed by atoms with E-state index in [0.717, 1.165) is 18.4 Å². The summed E-state index contributed by atoms with van der Waals surface area (Å²) in [5.74, 6) is 1.67. The Morgan fingerprint density at radius 3 is 2.44 bits per heavy atom. The van der Waals surface area contributed by atoms with E-state index in [1.54, 1.807) is 7.11 Å². The van der Waals surface area contributed by atoms with E-state index in [1.165, 1.54) is 19.3 Å². The summed E-state index contributed by atoms with van der Waals surface area (Å²) < 4.78 is 5.30. The number of hydrogen-bond donors (Lipinski definition) is 1. The van der Waals surface area contributed by atoms with Crippen LogP contribution >= 0.6 is 0 Å². The Morgan fingerprint density at radius 2 is 1.94 bits per heavy atom. The normalized spacial score (nSPS) is 31.0. The third-order valence-corrected chi connectivity index (χ3v) is 4.80. The minimum Gasteiger partial charge on any atom is -0.383 e. The van der Waals surface area contributed by atoms with E-state index < -0.39 is 0 Å². The van der Waals surface area contributed by atoms with Gasteiger partial charge in [-0.25, -0.2) is 0 Å². The lowest BCUT2D eigenvalue weighted by Gasteiger charge is -2.44. The molecule has 3 nitrogen and oxygen atoms in total. The molecule has 0 amide bonds. The quantitative estimate of drug-likeness (QED) is 0.789. The van der Waals surface area contributed by atoms with E-state index in [-0.39, 0.29) is 0 Å². The van der Waals surface area contributed by atoms with Crippen LogP contribution in [0.25, 0.3) is 0 Å². The lowest BCUT2D eigenvalue weighted by Crippen LogP contribution is -2.54. The van der Waals surface area contributed by atoms with Crippen molar-refractivity contribution in [2.45, 2.75) is 58.2 Å². The minimum atomic E-state index is 0.488. The monoisotopic (exact) mass is 256 g/mol. The molecule has 1 aliphatic carbocycles. The second kappa shape index (κ2) is 7.46. The standard InChI is InChI=1S/C15H32N2O/c1-11(2)13-7-8-14(16-4)15(9-13)17(5)12(3)10-18-6/h11-16H,7-10H2,1-6H3. The zero-order valence-electron chi connectivity index (χ0n) is 13.1. The number of nitrogens with one attached hydrogen (secondary N) is 1. The van der Waals surface area contributed by atoms with Crippen molar-refractivity contribution in [2.24, 2.45) is 11.8 Å². The van der Waals surface area contributed by atoms with Crippen molar-refractivity contribution in [3.05, 3.63) is 0 Å². The number of nitrogens with zero attached hydrogens (tertiary/aromatic N) is 1. The predicted octanol–water partition coefficient (Wildman–Crippen LogP) is 2.37. The molecular weight excluding hydrogens is 224 g/mol. The molecule has 0 aromatic rings. The number of rotatable bonds is 6. The van der Waals surface area contributed by atoms with Gasteiger partial charge in [0.25, 0.3) is 0 Å². The molecule has 0 saturated heterocycles. The van der Waals surface area contributed by atoms with E-state index in [4.69, 9.17) is 4.74 Å². The van der Waals surface area contributed by atoms with Gasteiger partial charge in [-0.05, 0) is 52.1 Å². The minimum absolute atomic E-state index is 0.488. The summed E-state index contributed by atoms with van der Waals surface area (Å²) >= 11 is 0. The van der Waals surface area contributed by atoms with E-state index in [2.05, 4.69) is 45.1 Å². The summed E-state index contributed by atoms with van der Waals surface area (Å²) in [4.78, 5) is 2.51. The Morgan fingerprint density at radius 1 is 1.28 bits per heavy atom. The number of methoxy groups -OCH3 is 1. The van der Waals surface area contributed by atoms with Gasteiger partial charge in [-0.2, -0.15) is 0 Å². The lowest BCUT2D eigenvalue weighted by molar-refractivity contribution is 0.0434. The zero-order valence-corrected chi connectivity index (χ0v) is 13.1. The summed E-state index contributed by atoms with van der Waals surface area (Å²) in [5.41, 5.74) is 0. The molecule has 0 bridgehead atoms. The topological polar surface area (TPSA) is 24.5 Å². The molecule has 1 fully saturated rings. The van der Waals surface area contributed by atoms with E-state index in [9.17, 15) is 0 Å². The molecule has 0 spiro atoms. The molecule has 108 valence electrons. The summed E-state index contributed by atoms with van der Waals surface area (Å²) in [6, 6.07) is 1.76. The van der Waals surface area contributed by atoms with Crippen molar-refractivity contribution in [1.82, 2.24) is 10.2 Å². The highest BCUT2D eigenvalue weighted by molar-refractivity contribution is 4.91. The molecule has 4 unspecified atom stereocenters. The number of ether oxygens (including phenoxy) is 1. The van der Waals surface area contributed by atoms with Gasteiger partial charge in [0, 0.05) is 25.2 Å². The van der Waals surface area contributed by atoms with E-state index in [1.807, 2.05) is 0 Å². The molecule has 0 radical (unpaired) electrons. The van der Waals surface area contributed by atoms with Crippen molar-refractivity contribution in [3.63, 3.8) is 0 Å². The molecule has 1 N–H and O–H groups in total. The maximum Gasteiger partial charge on any atom is 0.0615 e. The van der Waals surface area contributed by atoms with Gasteiger partial charge in [0.05, 0.1) is 6.61 Å². The second-order valence-electron chi connectivity index (χ2n) is 6.25.